The summed E-state index contributed by atoms with van der Waals surface area (Å²) < 4.78 is 44.7. The highest BCUT2D eigenvalue weighted by molar-refractivity contribution is 5.78. The van der Waals surface area contributed by atoms with Crippen LogP contribution in [0.3, 0.4) is 0 Å². The van der Waals surface area contributed by atoms with Crippen molar-refractivity contribution < 1.29 is 22.7 Å². The largest absolute Gasteiger partial charge is 0.416 e. The average Bonchev–Trinajstić information content (AvgIpc) is 3.07. The Morgan fingerprint density at radius 1 is 1.11 bits per heavy atom. The number of nitrogens with zero attached hydrogens (tertiary/aromatic N) is 3. The number of rotatable bonds is 4. The minimum Gasteiger partial charge on any atom is -0.365 e. The van der Waals surface area contributed by atoms with Crippen molar-refractivity contribution >= 4 is 5.91 Å². The van der Waals surface area contributed by atoms with Crippen molar-refractivity contribution in [1.29, 1.82) is 0 Å². The molecule has 148 valence electrons. The number of aromatic nitrogens is 1. The van der Waals surface area contributed by atoms with Crippen LogP contribution in [0.4, 0.5) is 13.2 Å². The van der Waals surface area contributed by atoms with Crippen molar-refractivity contribution in [3.8, 4) is 0 Å². The standard InChI is InChI=1S/C20H20F3N3O2/c21-20(22,23)16-5-1-3-14(7-16)10-26-17-11-25(9-15-4-2-6-24-8-15)12-18(17)28-13-19(26)27/h1-8,17-18H,9-13H2. The zero-order chi connectivity index (χ0) is 19.7. The number of morpholine rings is 1. The van der Waals surface area contributed by atoms with E-state index in [2.05, 4.69) is 9.88 Å². The second kappa shape index (κ2) is 7.52. The number of alkyl halides is 3. The number of ether oxygens (including phenoxy) is 1. The molecule has 2 aliphatic rings. The van der Waals surface area contributed by atoms with Crippen molar-refractivity contribution in [2.45, 2.75) is 31.4 Å². The number of amides is 1. The van der Waals surface area contributed by atoms with E-state index in [1.807, 2.05) is 12.1 Å². The molecule has 2 fully saturated rings. The quantitative estimate of drug-likeness (QED) is 0.804. The SMILES string of the molecule is O=C1COC2CN(Cc3cccnc3)CC2N1Cc1cccc(C(F)(F)F)c1. The molecular weight excluding hydrogens is 371 g/mol. The third-order valence-electron chi connectivity index (χ3n) is 5.19. The van der Waals surface area contributed by atoms with Gasteiger partial charge in [-0.05, 0) is 29.3 Å². The Hall–Kier alpha value is -2.45. The van der Waals surface area contributed by atoms with Crippen LogP contribution in [0.2, 0.25) is 0 Å². The second-order valence-corrected chi connectivity index (χ2v) is 7.19. The van der Waals surface area contributed by atoms with Gasteiger partial charge in [-0.25, -0.2) is 0 Å². The number of carbonyl (C=O) groups is 1. The fourth-order valence-electron chi connectivity index (χ4n) is 3.87. The van der Waals surface area contributed by atoms with Crippen molar-refractivity contribution in [1.82, 2.24) is 14.8 Å². The van der Waals surface area contributed by atoms with Crippen molar-refractivity contribution in [2.75, 3.05) is 19.7 Å². The van der Waals surface area contributed by atoms with Gasteiger partial charge in [0.05, 0.1) is 17.7 Å². The number of benzene rings is 1. The van der Waals surface area contributed by atoms with Crippen LogP contribution < -0.4 is 0 Å². The van der Waals surface area contributed by atoms with E-state index >= 15 is 0 Å². The molecule has 0 N–H and O–H groups in total. The number of pyridine rings is 1. The molecule has 5 nitrogen and oxygen atoms in total. The fourth-order valence-corrected chi connectivity index (χ4v) is 3.87. The summed E-state index contributed by atoms with van der Waals surface area (Å²) in [5.74, 6) is -0.193. The highest BCUT2D eigenvalue weighted by Crippen LogP contribution is 2.31. The maximum atomic E-state index is 13.0. The Morgan fingerprint density at radius 3 is 2.68 bits per heavy atom. The van der Waals surface area contributed by atoms with Gasteiger partial charge in [-0.15, -0.1) is 0 Å². The summed E-state index contributed by atoms with van der Waals surface area (Å²) in [6.07, 6.45) is -1.03. The number of hydrogen-bond donors (Lipinski definition) is 0. The molecule has 8 heteroatoms. The van der Waals surface area contributed by atoms with Crippen LogP contribution in [0.15, 0.2) is 48.8 Å². The van der Waals surface area contributed by atoms with E-state index in [0.717, 1.165) is 17.7 Å². The molecule has 4 rings (SSSR count). The van der Waals surface area contributed by atoms with Crippen LogP contribution >= 0.6 is 0 Å². The molecular formula is C20H20F3N3O2. The highest BCUT2D eigenvalue weighted by atomic mass is 19.4. The topological polar surface area (TPSA) is 45.7 Å². The zero-order valence-corrected chi connectivity index (χ0v) is 15.1. The average molecular weight is 391 g/mol. The number of halogens is 3. The number of hydrogen-bond acceptors (Lipinski definition) is 4. The first-order chi connectivity index (χ1) is 13.4. The molecule has 1 aromatic heterocycles. The Kier molecular flexibility index (Phi) is 5.07. The molecule has 2 atom stereocenters. The normalized spacial score (nSPS) is 23.1. The van der Waals surface area contributed by atoms with Gasteiger partial charge >= 0.3 is 6.18 Å². The van der Waals surface area contributed by atoms with Gasteiger partial charge in [0.25, 0.3) is 0 Å². The van der Waals surface area contributed by atoms with E-state index in [0.29, 0.717) is 25.2 Å². The molecule has 0 spiro atoms. The third kappa shape index (κ3) is 4.02. The van der Waals surface area contributed by atoms with E-state index in [9.17, 15) is 18.0 Å². The van der Waals surface area contributed by atoms with Crippen molar-refractivity contribution in [3.63, 3.8) is 0 Å². The van der Waals surface area contributed by atoms with Gasteiger partial charge < -0.3 is 9.64 Å². The van der Waals surface area contributed by atoms with Gasteiger partial charge in [0.1, 0.15) is 6.61 Å². The van der Waals surface area contributed by atoms with Crippen LogP contribution in [-0.4, -0.2) is 52.5 Å². The lowest BCUT2D eigenvalue weighted by Gasteiger charge is -2.37. The van der Waals surface area contributed by atoms with Crippen LogP contribution in [-0.2, 0) is 28.8 Å². The Balaban J connectivity index is 1.49. The molecule has 2 saturated heterocycles. The second-order valence-electron chi connectivity index (χ2n) is 7.19. The van der Waals surface area contributed by atoms with Gasteiger partial charge in [0, 0.05) is 38.6 Å². The molecule has 1 amide bonds. The molecule has 3 heterocycles. The van der Waals surface area contributed by atoms with E-state index in [1.54, 1.807) is 23.4 Å². The first kappa shape index (κ1) is 18.9. The summed E-state index contributed by atoms with van der Waals surface area (Å²) in [6.45, 7) is 2.08. The Labute approximate surface area is 160 Å². The zero-order valence-electron chi connectivity index (χ0n) is 15.1. The van der Waals surface area contributed by atoms with Crippen LogP contribution in [0.25, 0.3) is 0 Å². The number of fused-ring (bicyclic) bond motifs is 1. The molecule has 2 unspecified atom stereocenters. The first-order valence-electron chi connectivity index (χ1n) is 9.08. The maximum absolute atomic E-state index is 13.0. The highest BCUT2D eigenvalue weighted by Gasteiger charge is 2.43. The number of carbonyl (C=O) groups excluding carboxylic acids is 1. The Bertz CT molecular complexity index is 844. The third-order valence-corrected chi connectivity index (χ3v) is 5.19. The lowest BCUT2D eigenvalue weighted by molar-refractivity contribution is -0.153. The van der Waals surface area contributed by atoms with Gasteiger partial charge in [0.15, 0.2) is 0 Å². The van der Waals surface area contributed by atoms with Crippen molar-refractivity contribution in [3.05, 3.63) is 65.5 Å². The molecule has 1 aromatic carbocycles. The Morgan fingerprint density at radius 2 is 1.93 bits per heavy atom. The molecule has 2 aromatic rings. The lowest BCUT2D eigenvalue weighted by atomic mass is 10.1. The van der Waals surface area contributed by atoms with Crippen LogP contribution in [0.5, 0.6) is 0 Å². The van der Waals surface area contributed by atoms with Gasteiger partial charge in [-0.3, -0.25) is 14.7 Å². The molecule has 0 bridgehead atoms. The van der Waals surface area contributed by atoms with E-state index in [-0.39, 0.29) is 31.2 Å². The molecule has 0 radical (unpaired) electrons. The molecule has 0 aliphatic carbocycles. The number of likely N-dealkylation sites (tertiary alicyclic amines) is 1. The summed E-state index contributed by atoms with van der Waals surface area (Å²) >= 11 is 0. The summed E-state index contributed by atoms with van der Waals surface area (Å²) in [5.41, 5.74) is 0.832. The van der Waals surface area contributed by atoms with Gasteiger partial charge in [0.2, 0.25) is 5.91 Å². The fraction of sp³-hybridized carbons (Fsp3) is 0.400. The smallest absolute Gasteiger partial charge is 0.365 e. The monoisotopic (exact) mass is 391 g/mol. The minimum absolute atomic E-state index is 0.0408. The van der Waals surface area contributed by atoms with E-state index in [1.165, 1.54) is 6.07 Å². The predicted molar refractivity (Wildman–Crippen MR) is 95.0 cm³/mol. The van der Waals surface area contributed by atoms with Gasteiger partial charge in [-0.1, -0.05) is 18.2 Å². The summed E-state index contributed by atoms with van der Waals surface area (Å²) in [6, 6.07) is 8.84. The van der Waals surface area contributed by atoms with E-state index < -0.39 is 11.7 Å². The minimum atomic E-state index is -4.40. The van der Waals surface area contributed by atoms with Crippen molar-refractivity contribution in [2.24, 2.45) is 0 Å². The molecule has 2 aliphatic heterocycles. The summed E-state index contributed by atoms with van der Waals surface area (Å²) in [7, 11) is 0. The molecule has 0 saturated carbocycles. The summed E-state index contributed by atoms with van der Waals surface area (Å²) in [4.78, 5) is 20.4. The maximum Gasteiger partial charge on any atom is 0.416 e. The predicted octanol–water partition coefficient (Wildman–Crippen LogP) is 2.71. The first-order valence-corrected chi connectivity index (χ1v) is 9.08. The van der Waals surface area contributed by atoms with E-state index in [4.69, 9.17) is 4.74 Å². The van der Waals surface area contributed by atoms with Crippen LogP contribution in [0.1, 0.15) is 16.7 Å². The molecule has 28 heavy (non-hydrogen) atoms. The van der Waals surface area contributed by atoms with Gasteiger partial charge in [-0.2, -0.15) is 13.2 Å². The summed E-state index contributed by atoms with van der Waals surface area (Å²) in [5, 5.41) is 0. The van der Waals surface area contributed by atoms with Crippen LogP contribution in [0, 0.1) is 0 Å². The lowest BCUT2D eigenvalue weighted by Crippen LogP contribution is -2.53.